The van der Waals surface area contributed by atoms with Gasteiger partial charge in [-0.1, -0.05) is 6.07 Å². The van der Waals surface area contributed by atoms with Crippen LogP contribution in [0.3, 0.4) is 0 Å². The lowest BCUT2D eigenvalue weighted by Gasteiger charge is -2.49. The van der Waals surface area contributed by atoms with Gasteiger partial charge in [-0.25, -0.2) is 28.0 Å². The largest absolute Gasteiger partial charge is 0.490 e. The van der Waals surface area contributed by atoms with Crippen molar-refractivity contribution in [2.75, 3.05) is 25.4 Å². The molecule has 1 unspecified atom stereocenters. The number of ether oxygens (including phenoxy) is 1. The van der Waals surface area contributed by atoms with E-state index in [1.165, 1.54) is 0 Å². The van der Waals surface area contributed by atoms with Crippen LogP contribution < -0.4 is 4.74 Å². The first kappa shape index (κ1) is 32.7. The Kier molecular flexibility index (Phi) is 10.4. The Balaban J connectivity index is 0.000000333. The number of hydrogen-bond acceptors (Lipinski definition) is 9. The Hall–Kier alpha value is -3.54. The number of alkyl halides is 6. The van der Waals surface area contributed by atoms with Gasteiger partial charge >= 0.3 is 30.3 Å². The van der Waals surface area contributed by atoms with Crippen LogP contribution in [0.4, 0.5) is 26.3 Å². The van der Waals surface area contributed by atoms with Gasteiger partial charge in [-0.3, -0.25) is 9.88 Å². The standard InChI is InChI=1S/C18H22N4O3S.2C2HF3O2/c1-14-4-2-5-16(21-14)10-22-12-18(13-22)15(6-9-26(18,23)24)11-25-17-19-7-3-8-20-17;2*3-2(4,5)1(6)7/h2-5,7-8,15H,6,9-13H2,1H3;2*(H,6,7). The first-order chi connectivity index (χ1) is 18.4. The summed E-state index contributed by atoms with van der Waals surface area (Å²) in [7, 11) is -3.12. The van der Waals surface area contributed by atoms with E-state index in [2.05, 4.69) is 19.9 Å². The van der Waals surface area contributed by atoms with E-state index in [-0.39, 0.29) is 11.7 Å². The van der Waals surface area contributed by atoms with Crippen LogP contribution in [0.5, 0.6) is 6.01 Å². The predicted octanol–water partition coefficient (Wildman–Crippen LogP) is 2.51. The quantitative estimate of drug-likeness (QED) is 0.484. The molecular weight excluding hydrogens is 578 g/mol. The number of rotatable bonds is 5. The highest BCUT2D eigenvalue weighted by Crippen LogP contribution is 2.45. The fourth-order valence-electron chi connectivity index (χ4n) is 3.98. The van der Waals surface area contributed by atoms with Crippen LogP contribution in [-0.4, -0.2) is 93.0 Å². The second-order valence-corrected chi connectivity index (χ2v) is 11.2. The number of carboxylic acids is 2. The average Bonchev–Trinajstić information content (AvgIpc) is 3.08. The molecule has 2 N–H and O–H groups in total. The van der Waals surface area contributed by atoms with E-state index in [4.69, 9.17) is 24.5 Å². The first-order valence-corrected chi connectivity index (χ1v) is 12.9. The van der Waals surface area contributed by atoms with Crippen LogP contribution in [0.2, 0.25) is 0 Å². The van der Waals surface area contributed by atoms with Crippen molar-refractivity contribution < 1.29 is 59.3 Å². The predicted molar refractivity (Wildman–Crippen MR) is 124 cm³/mol. The second-order valence-electron chi connectivity index (χ2n) is 8.73. The van der Waals surface area contributed by atoms with Crippen LogP contribution in [0, 0.1) is 12.8 Å². The summed E-state index contributed by atoms with van der Waals surface area (Å²) in [6.45, 7) is 4.04. The van der Waals surface area contributed by atoms with Crippen molar-refractivity contribution in [1.29, 1.82) is 0 Å². The Morgan fingerprint density at radius 2 is 1.55 bits per heavy atom. The van der Waals surface area contributed by atoms with Crippen LogP contribution in [-0.2, 0) is 26.0 Å². The van der Waals surface area contributed by atoms with Crippen molar-refractivity contribution in [2.45, 2.75) is 37.0 Å². The molecule has 2 aliphatic heterocycles. The molecule has 11 nitrogen and oxygen atoms in total. The van der Waals surface area contributed by atoms with Crippen LogP contribution in [0.15, 0.2) is 36.7 Å². The van der Waals surface area contributed by atoms with Crippen LogP contribution in [0.25, 0.3) is 0 Å². The van der Waals surface area contributed by atoms with Crippen molar-refractivity contribution in [1.82, 2.24) is 19.9 Å². The van der Waals surface area contributed by atoms with Gasteiger partial charge in [0.25, 0.3) is 0 Å². The molecule has 0 saturated carbocycles. The lowest BCUT2D eigenvalue weighted by atomic mass is 9.83. The van der Waals surface area contributed by atoms with E-state index in [1.54, 1.807) is 18.5 Å². The molecule has 40 heavy (non-hydrogen) atoms. The SMILES string of the molecule is Cc1cccc(CN2CC3(C2)C(COc2ncccn2)CCS3(=O)=O)n1.O=C(O)C(F)(F)F.O=C(O)C(F)(F)F. The third-order valence-electron chi connectivity index (χ3n) is 5.85. The maximum absolute atomic E-state index is 12.7. The molecule has 2 aromatic rings. The molecular formula is C22H24F6N4O7S. The van der Waals surface area contributed by atoms with Gasteiger partial charge in [0, 0.05) is 43.6 Å². The summed E-state index contributed by atoms with van der Waals surface area (Å²) in [6, 6.07) is 7.94. The van der Waals surface area contributed by atoms with Gasteiger partial charge in [0.05, 0.1) is 18.1 Å². The highest BCUT2D eigenvalue weighted by molar-refractivity contribution is 7.93. The van der Waals surface area contributed by atoms with Gasteiger partial charge in [-0.15, -0.1) is 0 Å². The van der Waals surface area contributed by atoms with Gasteiger partial charge in [0.15, 0.2) is 9.84 Å². The molecule has 1 spiro atoms. The molecule has 4 heterocycles. The summed E-state index contributed by atoms with van der Waals surface area (Å²) in [5.74, 6) is -5.31. The average molecular weight is 603 g/mol. The molecule has 1 atom stereocenters. The number of likely N-dealkylation sites (tertiary alicyclic amines) is 1. The number of aryl methyl sites for hydroxylation is 1. The smallest absolute Gasteiger partial charge is 0.475 e. The molecule has 222 valence electrons. The molecule has 0 radical (unpaired) electrons. The van der Waals surface area contributed by atoms with Crippen LogP contribution in [0.1, 0.15) is 17.8 Å². The summed E-state index contributed by atoms with van der Waals surface area (Å²) in [4.78, 5) is 32.5. The number of aromatic nitrogens is 3. The molecule has 0 bridgehead atoms. The minimum Gasteiger partial charge on any atom is -0.475 e. The summed E-state index contributed by atoms with van der Waals surface area (Å²) in [5.41, 5.74) is 1.95. The first-order valence-electron chi connectivity index (χ1n) is 11.2. The summed E-state index contributed by atoms with van der Waals surface area (Å²) < 4.78 is 93.9. The molecule has 2 aliphatic rings. The van der Waals surface area contributed by atoms with E-state index in [0.717, 1.165) is 11.4 Å². The zero-order valence-corrected chi connectivity index (χ0v) is 21.5. The maximum Gasteiger partial charge on any atom is 0.490 e. The Morgan fingerprint density at radius 3 is 2.02 bits per heavy atom. The van der Waals surface area contributed by atoms with Gasteiger partial charge in [-0.2, -0.15) is 26.3 Å². The summed E-state index contributed by atoms with van der Waals surface area (Å²) >= 11 is 0. The molecule has 0 amide bonds. The molecule has 2 aromatic heterocycles. The second kappa shape index (κ2) is 12.8. The minimum absolute atomic E-state index is 0.0296. The minimum atomic E-state index is -5.08. The van der Waals surface area contributed by atoms with Crippen molar-refractivity contribution in [3.63, 3.8) is 0 Å². The fraction of sp³-hybridized carbons (Fsp3) is 0.500. The number of carbonyl (C=O) groups is 2. The van der Waals surface area contributed by atoms with E-state index in [1.807, 2.05) is 25.1 Å². The molecule has 0 aliphatic carbocycles. The van der Waals surface area contributed by atoms with E-state index in [0.29, 0.717) is 38.7 Å². The monoisotopic (exact) mass is 602 g/mol. The Bertz CT molecular complexity index is 1250. The van der Waals surface area contributed by atoms with Gasteiger partial charge in [-0.05, 0) is 31.5 Å². The number of hydrogen-bond donors (Lipinski definition) is 2. The number of nitrogens with zero attached hydrogens (tertiary/aromatic N) is 4. The number of carboxylic acid groups (broad SMARTS) is 2. The molecule has 0 aromatic carbocycles. The number of pyridine rings is 1. The Morgan fingerprint density at radius 1 is 1.02 bits per heavy atom. The zero-order valence-electron chi connectivity index (χ0n) is 20.7. The van der Waals surface area contributed by atoms with Gasteiger partial charge in [0.2, 0.25) is 0 Å². The van der Waals surface area contributed by atoms with Crippen molar-refractivity contribution in [3.8, 4) is 6.01 Å². The van der Waals surface area contributed by atoms with Gasteiger partial charge in [0.1, 0.15) is 4.75 Å². The van der Waals surface area contributed by atoms with E-state index >= 15 is 0 Å². The van der Waals surface area contributed by atoms with E-state index < -0.39 is 38.9 Å². The zero-order chi connectivity index (χ0) is 30.4. The number of sulfone groups is 1. The maximum atomic E-state index is 12.7. The Labute approximate surface area is 223 Å². The summed E-state index contributed by atoms with van der Waals surface area (Å²) in [5, 5.41) is 14.2. The fourth-order valence-corrected chi connectivity index (χ4v) is 6.44. The van der Waals surface area contributed by atoms with E-state index in [9.17, 15) is 34.8 Å². The van der Waals surface area contributed by atoms with Crippen molar-refractivity contribution in [3.05, 3.63) is 48.0 Å². The highest BCUT2D eigenvalue weighted by atomic mass is 32.2. The van der Waals surface area contributed by atoms with Gasteiger partial charge < -0.3 is 14.9 Å². The summed E-state index contributed by atoms with van der Waals surface area (Å²) in [6.07, 6.45) is -6.31. The molecule has 2 fully saturated rings. The van der Waals surface area contributed by atoms with Crippen molar-refractivity contribution in [2.24, 2.45) is 5.92 Å². The van der Waals surface area contributed by atoms with Crippen LogP contribution >= 0.6 is 0 Å². The highest BCUT2D eigenvalue weighted by Gasteiger charge is 2.61. The molecule has 2 saturated heterocycles. The lowest BCUT2D eigenvalue weighted by molar-refractivity contribution is -0.193. The van der Waals surface area contributed by atoms with Crippen molar-refractivity contribution >= 4 is 21.8 Å². The third-order valence-corrected chi connectivity index (χ3v) is 8.46. The molecule has 18 heteroatoms. The number of halogens is 6. The molecule has 4 rings (SSSR count). The normalized spacial score (nSPS) is 19.3. The lowest BCUT2D eigenvalue weighted by Crippen LogP contribution is -2.67. The third kappa shape index (κ3) is 8.73. The topological polar surface area (TPSA) is 160 Å². The number of aliphatic carboxylic acids is 2.